The highest BCUT2D eigenvalue weighted by atomic mass is 31.2. The minimum atomic E-state index is -5.81. The lowest BCUT2D eigenvalue weighted by molar-refractivity contribution is -0.145. The fraction of sp³-hybridized carbons (Fsp3) is 0.552. The van der Waals surface area contributed by atoms with E-state index in [1.165, 1.54) is 22.8 Å². The lowest BCUT2D eigenvalue weighted by Gasteiger charge is -2.38. The molecule has 250 valence electrons. The maximum Gasteiger partial charge on any atom is 0.399 e. The number of fused-ring (bicyclic) bond motifs is 2. The zero-order valence-electron chi connectivity index (χ0n) is 25.4. The molecule has 5 amide bonds. The molecule has 5 rings (SSSR count). The van der Waals surface area contributed by atoms with E-state index < -0.39 is 42.7 Å². The molecule has 46 heavy (non-hydrogen) atoms. The van der Waals surface area contributed by atoms with Crippen LogP contribution >= 0.6 is 7.60 Å². The van der Waals surface area contributed by atoms with E-state index in [1.54, 1.807) is 11.8 Å². The van der Waals surface area contributed by atoms with Gasteiger partial charge in [-0.1, -0.05) is 13.0 Å². The Hall–Kier alpha value is -3.88. The second-order valence-electron chi connectivity index (χ2n) is 12.0. The van der Waals surface area contributed by atoms with Gasteiger partial charge in [-0.15, -0.1) is 0 Å². The van der Waals surface area contributed by atoms with Crippen molar-refractivity contribution in [3.8, 4) is 0 Å². The van der Waals surface area contributed by atoms with Crippen LogP contribution in [0.4, 0.5) is 8.78 Å². The second-order valence-corrected chi connectivity index (χ2v) is 13.7. The number of amides is 5. The number of benzene rings is 1. The van der Waals surface area contributed by atoms with Crippen LogP contribution in [0.15, 0.2) is 24.3 Å². The molecule has 4 atom stereocenters. The Morgan fingerprint density at radius 1 is 1.02 bits per heavy atom. The van der Waals surface area contributed by atoms with Crippen molar-refractivity contribution in [3.05, 3.63) is 35.5 Å². The number of carbonyl (C=O) groups excluding carboxylic acids is 5. The topological polar surface area (TPSA) is 192 Å². The summed E-state index contributed by atoms with van der Waals surface area (Å²) in [6, 6.07) is 1.42. The average molecular weight is 667 g/mol. The van der Waals surface area contributed by atoms with Crippen LogP contribution in [0.25, 0.3) is 10.9 Å². The van der Waals surface area contributed by atoms with Crippen LogP contribution in [0.2, 0.25) is 0 Å². The third kappa shape index (κ3) is 6.51. The maximum atomic E-state index is 14.3. The van der Waals surface area contributed by atoms with E-state index in [1.807, 2.05) is 0 Å². The van der Waals surface area contributed by atoms with Crippen molar-refractivity contribution in [1.29, 1.82) is 0 Å². The summed E-state index contributed by atoms with van der Waals surface area (Å²) in [4.78, 5) is 90.9. The molecule has 0 bridgehead atoms. The number of carbonyl (C=O) groups is 5. The Kier molecular flexibility index (Phi) is 9.26. The number of nitrogens with one attached hydrogen (secondary N) is 3. The van der Waals surface area contributed by atoms with Crippen molar-refractivity contribution in [3.63, 3.8) is 0 Å². The van der Waals surface area contributed by atoms with Crippen molar-refractivity contribution in [1.82, 2.24) is 30.3 Å². The largest absolute Gasteiger partial charge is 0.399 e. The molecule has 1 aromatic carbocycles. The van der Waals surface area contributed by atoms with E-state index in [0.29, 0.717) is 51.7 Å². The number of likely N-dealkylation sites (tertiary alicyclic amines) is 1. The van der Waals surface area contributed by atoms with Crippen LogP contribution < -0.4 is 10.6 Å². The summed E-state index contributed by atoms with van der Waals surface area (Å²) in [6.07, 6.45) is 2.31. The van der Waals surface area contributed by atoms with Gasteiger partial charge in [0.1, 0.15) is 17.8 Å². The SMILES string of the molecule is CCC(=O)N1CCC(NC(=O)[C@@H]2CC[C@@H]3CCN(C(C)=O)CC(NC(=O)c4cc5cc(C(F)(F)P(=O)(O)O)ccc5[nH]4)C(=O)N32)C1. The Morgan fingerprint density at radius 3 is 2.41 bits per heavy atom. The minimum absolute atomic E-state index is 0.000265. The molecule has 1 aromatic heterocycles. The number of alkyl halides is 2. The molecule has 3 fully saturated rings. The lowest BCUT2D eigenvalue weighted by Crippen LogP contribution is -2.61. The minimum Gasteiger partial charge on any atom is -0.351 e. The first-order chi connectivity index (χ1) is 21.6. The standard InChI is InChI=1S/C29H37F2N6O8P/c1-3-25(39)36-10-8-19(14-36)32-27(41)24-7-5-20-9-11-35(16(2)38)15-23(28(42)37(20)24)34-26(40)22-13-17-12-18(4-6-21(17)33-22)29(30,31)46(43,44)45/h4,6,12-13,19-20,23-24,33H,3,5,7-11,14-15H2,1-2H3,(H,32,41)(H,34,40)(H2,43,44,45)/t19?,20-,23?,24+/m1/s1. The molecule has 3 saturated heterocycles. The van der Waals surface area contributed by atoms with E-state index in [9.17, 15) is 37.3 Å². The highest BCUT2D eigenvalue weighted by Crippen LogP contribution is 2.59. The molecule has 17 heteroatoms. The summed E-state index contributed by atoms with van der Waals surface area (Å²) >= 11 is 0. The quantitative estimate of drug-likeness (QED) is 0.273. The van der Waals surface area contributed by atoms with Gasteiger partial charge >= 0.3 is 13.3 Å². The van der Waals surface area contributed by atoms with E-state index >= 15 is 0 Å². The van der Waals surface area contributed by atoms with Crippen LogP contribution in [-0.2, 0) is 29.4 Å². The van der Waals surface area contributed by atoms with Gasteiger partial charge in [0, 0.05) is 68.1 Å². The smallest absolute Gasteiger partial charge is 0.351 e. The fourth-order valence-corrected chi connectivity index (χ4v) is 6.97. The summed E-state index contributed by atoms with van der Waals surface area (Å²) in [5, 5.41) is 5.69. The van der Waals surface area contributed by atoms with Gasteiger partial charge in [-0.3, -0.25) is 28.5 Å². The molecule has 3 aliphatic heterocycles. The molecule has 14 nitrogen and oxygen atoms in total. The first-order valence-corrected chi connectivity index (χ1v) is 16.7. The number of hydrogen-bond donors (Lipinski definition) is 5. The van der Waals surface area contributed by atoms with Gasteiger partial charge < -0.3 is 40.1 Å². The molecule has 0 saturated carbocycles. The first-order valence-electron chi connectivity index (χ1n) is 15.1. The molecule has 5 N–H and O–H groups in total. The van der Waals surface area contributed by atoms with Crippen LogP contribution in [0, 0.1) is 0 Å². The predicted octanol–water partition coefficient (Wildman–Crippen LogP) is 1.23. The summed E-state index contributed by atoms with van der Waals surface area (Å²) in [6.45, 7) is 4.18. The molecule has 3 aliphatic rings. The third-order valence-corrected chi connectivity index (χ3v) is 10.0. The number of nitrogens with zero attached hydrogens (tertiary/aromatic N) is 3. The van der Waals surface area contributed by atoms with Gasteiger partial charge in [0.05, 0.1) is 0 Å². The molecule has 0 spiro atoms. The third-order valence-electron chi connectivity index (χ3n) is 9.01. The fourth-order valence-electron chi connectivity index (χ4n) is 6.50. The van der Waals surface area contributed by atoms with Gasteiger partial charge in [-0.05, 0) is 43.9 Å². The van der Waals surface area contributed by atoms with Gasteiger partial charge in [0.25, 0.3) is 5.91 Å². The molecule has 0 radical (unpaired) electrons. The maximum absolute atomic E-state index is 14.3. The van der Waals surface area contributed by atoms with E-state index in [2.05, 4.69) is 15.6 Å². The lowest BCUT2D eigenvalue weighted by atomic mass is 10.1. The Morgan fingerprint density at radius 2 is 1.74 bits per heavy atom. The van der Waals surface area contributed by atoms with Crippen molar-refractivity contribution in [2.75, 3.05) is 26.2 Å². The van der Waals surface area contributed by atoms with Gasteiger partial charge in [-0.2, -0.15) is 8.78 Å². The van der Waals surface area contributed by atoms with Gasteiger partial charge in [0.2, 0.25) is 23.6 Å². The number of halogens is 2. The van der Waals surface area contributed by atoms with E-state index in [-0.39, 0.29) is 52.9 Å². The summed E-state index contributed by atoms with van der Waals surface area (Å²) in [5.74, 6) is -1.98. The van der Waals surface area contributed by atoms with E-state index in [0.717, 1.165) is 18.2 Å². The average Bonchev–Trinajstić information content (AvgIpc) is 3.74. The van der Waals surface area contributed by atoms with Gasteiger partial charge in [0.15, 0.2) is 0 Å². The first kappa shape index (κ1) is 33.5. The predicted molar refractivity (Wildman–Crippen MR) is 159 cm³/mol. The molecule has 2 unspecified atom stereocenters. The highest BCUT2D eigenvalue weighted by molar-refractivity contribution is 7.52. The number of rotatable bonds is 7. The number of hydrogen-bond acceptors (Lipinski definition) is 6. The molecular formula is C29H37F2N6O8P. The van der Waals surface area contributed by atoms with Crippen molar-refractivity contribution in [2.24, 2.45) is 0 Å². The molecule has 4 heterocycles. The summed E-state index contributed by atoms with van der Waals surface area (Å²) in [5.41, 5.74) is -5.26. The monoisotopic (exact) mass is 666 g/mol. The Balaban J connectivity index is 1.35. The number of aromatic amines is 1. The number of H-pyrrole nitrogens is 1. The molecular weight excluding hydrogens is 629 g/mol. The van der Waals surface area contributed by atoms with Crippen molar-refractivity contribution < 1.29 is 47.1 Å². The molecule has 0 aliphatic carbocycles. The summed E-state index contributed by atoms with van der Waals surface area (Å²) in [7, 11) is -5.81. The van der Waals surface area contributed by atoms with Crippen LogP contribution in [-0.4, -0.2) is 109 Å². The van der Waals surface area contributed by atoms with Gasteiger partial charge in [-0.25, -0.2) is 0 Å². The van der Waals surface area contributed by atoms with E-state index in [4.69, 9.17) is 9.79 Å². The normalized spacial score (nSPS) is 24.0. The van der Waals surface area contributed by atoms with Crippen LogP contribution in [0.3, 0.4) is 0 Å². The zero-order chi connectivity index (χ0) is 33.6. The molecule has 2 aromatic rings. The highest BCUT2D eigenvalue weighted by Gasteiger charge is 2.50. The zero-order valence-corrected chi connectivity index (χ0v) is 26.3. The van der Waals surface area contributed by atoms with Crippen LogP contribution in [0.5, 0.6) is 0 Å². The van der Waals surface area contributed by atoms with Crippen molar-refractivity contribution in [2.45, 2.75) is 75.8 Å². The Bertz CT molecular complexity index is 1610. The van der Waals surface area contributed by atoms with Crippen molar-refractivity contribution >= 4 is 48.0 Å². The Labute approximate surface area is 263 Å². The summed E-state index contributed by atoms with van der Waals surface area (Å²) < 4.78 is 39.9. The second kappa shape index (κ2) is 12.7. The number of aromatic nitrogens is 1. The van der Waals surface area contributed by atoms with Crippen LogP contribution in [0.1, 0.15) is 62.0 Å².